The maximum Gasteiger partial charge on any atom is 0.281 e. The van der Waals surface area contributed by atoms with E-state index in [4.69, 9.17) is 9.47 Å². The Bertz CT molecular complexity index is 988. The number of carbonyl (C=O) groups is 3. The number of aryl methyl sites for hydroxylation is 1. The summed E-state index contributed by atoms with van der Waals surface area (Å²) in [5.74, 6) is -0.435. The number of para-hydroxylation sites is 2. The van der Waals surface area contributed by atoms with Gasteiger partial charge < -0.3 is 19.3 Å². The lowest BCUT2D eigenvalue weighted by molar-refractivity contribution is -0.122. The number of hydrogen-bond donors (Lipinski definition) is 2. The molecule has 1 aromatic heterocycles. The van der Waals surface area contributed by atoms with Crippen LogP contribution in [0.1, 0.15) is 21.8 Å². The van der Waals surface area contributed by atoms with Crippen LogP contribution in [0.5, 0.6) is 5.75 Å². The number of nitrogens with zero attached hydrogens (tertiary/aromatic N) is 3. The van der Waals surface area contributed by atoms with Crippen LogP contribution in [0.25, 0.3) is 0 Å². The molecule has 1 aromatic carbocycles. The van der Waals surface area contributed by atoms with Crippen LogP contribution in [0.2, 0.25) is 0 Å². The molecule has 2 aliphatic rings. The van der Waals surface area contributed by atoms with Crippen molar-refractivity contribution in [2.45, 2.75) is 13.3 Å². The monoisotopic (exact) mass is 445 g/mol. The van der Waals surface area contributed by atoms with Crippen LogP contribution >= 0.6 is 11.3 Å². The van der Waals surface area contributed by atoms with E-state index in [0.29, 0.717) is 35.2 Å². The number of ether oxygens (including phenoxy) is 2. The Hall–Kier alpha value is -3.18. The molecular formula is C20H23N5O5S. The Labute approximate surface area is 183 Å². The minimum absolute atomic E-state index is 0.0288. The van der Waals surface area contributed by atoms with Gasteiger partial charge in [0.1, 0.15) is 10.6 Å². The summed E-state index contributed by atoms with van der Waals surface area (Å²) in [7, 11) is 0. The molecule has 4 rings (SSSR count). The molecule has 1 fully saturated rings. The van der Waals surface area contributed by atoms with Gasteiger partial charge in [0.05, 0.1) is 24.6 Å². The normalized spacial score (nSPS) is 15.8. The van der Waals surface area contributed by atoms with Gasteiger partial charge in [-0.3, -0.25) is 25.2 Å². The van der Waals surface area contributed by atoms with Crippen molar-refractivity contribution in [1.82, 2.24) is 15.8 Å². The van der Waals surface area contributed by atoms with Crippen LogP contribution in [-0.2, 0) is 14.3 Å². The number of benzene rings is 1. The van der Waals surface area contributed by atoms with Crippen LogP contribution in [0.15, 0.2) is 24.3 Å². The lowest BCUT2D eigenvalue weighted by atomic mass is 10.2. The number of nitrogens with one attached hydrogen (secondary N) is 2. The summed E-state index contributed by atoms with van der Waals surface area (Å²) < 4.78 is 10.7. The van der Waals surface area contributed by atoms with Crippen molar-refractivity contribution >= 4 is 39.9 Å². The van der Waals surface area contributed by atoms with Crippen LogP contribution in [-0.4, -0.2) is 62.2 Å². The molecule has 0 bridgehead atoms. The van der Waals surface area contributed by atoms with Gasteiger partial charge in [0.15, 0.2) is 11.7 Å². The third-order valence-electron chi connectivity index (χ3n) is 4.96. The number of rotatable bonds is 5. The molecule has 164 valence electrons. The second-order valence-electron chi connectivity index (χ2n) is 7.06. The van der Waals surface area contributed by atoms with Gasteiger partial charge in [-0.25, -0.2) is 4.98 Å². The summed E-state index contributed by atoms with van der Waals surface area (Å²) in [5, 5.41) is 0.766. The lowest BCUT2D eigenvalue weighted by Gasteiger charge is -2.29. The first-order chi connectivity index (χ1) is 15.0. The molecule has 11 heteroatoms. The van der Waals surface area contributed by atoms with Gasteiger partial charge >= 0.3 is 0 Å². The fourth-order valence-corrected chi connectivity index (χ4v) is 4.35. The third-order valence-corrected chi connectivity index (χ3v) is 6.18. The summed E-state index contributed by atoms with van der Waals surface area (Å²) in [6, 6.07) is 7.17. The standard InChI is InChI=1S/C20H23N5O5S/c1-13-18(31-20(21-13)24-8-10-29-11-9-24)19(28)23-22-16(26)6-7-25-14-4-2-3-5-15(14)30-12-17(25)27/h2-5H,6-12H2,1H3,(H,22,26)(H,23,28). The van der Waals surface area contributed by atoms with Crippen molar-refractivity contribution in [2.75, 3.05) is 49.3 Å². The Balaban J connectivity index is 1.30. The minimum Gasteiger partial charge on any atom is -0.482 e. The number of thiazole rings is 1. The van der Waals surface area contributed by atoms with E-state index < -0.39 is 11.8 Å². The molecule has 31 heavy (non-hydrogen) atoms. The van der Waals surface area contributed by atoms with Crippen LogP contribution in [0, 0.1) is 6.92 Å². The van der Waals surface area contributed by atoms with Gasteiger partial charge in [-0.1, -0.05) is 23.5 Å². The maximum atomic E-state index is 12.5. The summed E-state index contributed by atoms with van der Waals surface area (Å²) in [6.45, 7) is 4.60. The number of amides is 3. The van der Waals surface area contributed by atoms with E-state index in [-0.39, 0.29) is 25.5 Å². The molecule has 2 N–H and O–H groups in total. The molecule has 2 aromatic rings. The quantitative estimate of drug-likeness (QED) is 0.657. The zero-order chi connectivity index (χ0) is 21.8. The third kappa shape index (κ3) is 4.78. The number of morpholine rings is 1. The summed E-state index contributed by atoms with van der Waals surface area (Å²) >= 11 is 1.28. The molecule has 10 nitrogen and oxygen atoms in total. The van der Waals surface area contributed by atoms with Gasteiger partial charge in [-0.15, -0.1) is 0 Å². The fraction of sp³-hybridized carbons (Fsp3) is 0.400. The van der Waals surface area contributed by atoms with E-state index in [2.05, 4.69) is 20.7 Å². The Morgan fingerprint density at radius 2 is 1.97 bits per heavy atom. The largest absolute Gasteiger partial charge is 0.482 e. The summed E-state index contributed by atoms with van der Waals surface area (Å²) in [4.78, 5) is 45.4. The van der Waals surface area contributed by atoms with Crippen molar-refractivity contribution in [1.29, 1.82) is 0 Å². The van der Waals surface area contributed by atoms with Crippen LogP contribution < -0.4 is 25.4 Å². The molecule has 0 spiro atoms. The topological polar surface area (TPSA) is 113 Å². The molecule has 3 amide bonds. The van der Waals surface area contributed by atoms with E-state index in [1.54, 1.807) is 25.1 Å². The second-order valence-corrected chi connectivity index (χ2v) is 8.04. The number of carbonyl (C=O) groups excluding carboxylic acids is 3. The van der Waals surface area contributed by atoms with Crippen molar-refractivity contribution in [2.24, 2.45) is 0 Å². The molecule has 0 unspecified atom stereocenters. The van der Waals surface area contributed by atoms with Crippen molar-refractivity contribution in [3.8, 4) is 5.75 Å². The highest BCUT2D eigenvalue weighted by Crippen LogP contribution is 2.31. The molecule has 2 aliphatic heterocycles. The van der Waals surface area contributed by atoms with Gasteiger partial charge in [0, 0.05) is 26.1 Å². The number of aromatic nitrogens is 1. The predicted molar refractivity (Wildman–Crippen MR) is 114 cm³/mol. The van der Waals surface area contributed by atoms with Crippen molar-refractivity contribution in [3.05, 3.63) is 34.8 Å². The first kappa shape index (κ1) is 21.1. The second kappa shape index (κ2) is 9.31. The van der Waals surface area contributed by atoms with Crippen molar-refractivity contribution < 1.29 is 23.9 Å². The Morgan fingerprint density at radius 3 is 2.77 bits per heavy atom. The molecule has 0 atom stereocenters. The first-order valence-corrected chi connectivity index (χ1v) is 10.8. The van der Waals surface area contributed by atoms with E-state index in [1.807, 2.05) is 6.07 Å². The SMILES string of the molecule is Cc1nc(N2CCOCC2)sc1C(=O)NNC(=O)CCN1C(=O)COc2ccccc21. The molecule has 3 heterocycles. The lowest BCUT2D eigenvalue weighted by Crippen LogP contribution is -2.44. The highest BCUT2D eigenvalue weighted by molar-refractivity contribution is 7.17. The van der Waals surface area contributed by atoms with Crippen LogP contribution in [0.3, 0.4) is 0 Å². The average molecular weight is 446 g/mol. The predicted octanol–water partition coefficient (Wildman–Crippen LogP) is 0.865. The minimum atomic E-state index is -0.421. The highest BCUT2D eigenvalue weighted by atomic mass is 32.1. The molecular weight excluding hydrogens is 422 g/mol. The van der Waals surface area contributed by atoms with E-state index in [0.717, 1.165) is 18.2 Å². The van der Waals surface area contributed by atoms with Gasteiger partial charge in [0.2, 0.25) is 5.91 Å². The number of hydrogen-bond acceptors (Lipinski definition) is 8. The number of fused-ring (bicyclic) bond motifs is 1. The highest BCUT2D eigenvalue weighted by Gasteiger charge is 2.26. The smallest absolute Gasteiger partial charge is 0.281 e. The van der Waals surface area contributed by atoms with Gasteiger partial charge in [-0.05, 0) is 19.1 Å². The summed E-state index contributed by atoms with van der Waals surface area (Å²) in [6.07, 6.45) is 0.0288. The number of anilines is 2. The molecule has 0 aliphatic carbocycles. The van der Waals surface area contributed by atoms with Gasteiger partial charge in [-0.2, -0.15) is 0 Å². The van der Waals surface area contributed by atoms with E-state index in [9.17, 15) is 14.4 Å². The molecule has 1 saturated heterocycles. The first-order valence-electron chi connectivity index (χ1n) is 9.94. The fourth-order valence-electron chi connectivity index (χ4n) is 3.34. The van der Waals surface area contributed by atoms with E-state index >= 15 is 0 Å². The number of hydrazine groups is 1. The zero-order valence-electron chi connectivity index (χ0n) is 17.1. The summed E-state index contributed by atoms with van der Waals surface area (Å²) in [5.41, 5.74) is 6.08. The average Bonchev–Trinajstić information content (AvgIpc) is 3.19. The van der Waals surface area contributed by atoms with Crippen LogP contribution in [0.4, 0.5) is 10.8 Å². The Morgan fingerprint density at radius 1 is 1.19 bits per heavy atom. The van der Waals surface area contributed by atoms with Gasteiger partial charge in [0.25, 0.3) is 11.8 Å². The van der Waals surface area contributed by atoms with Crippen molar-refractivity contribution in [3.63, 3.8) is 0 Å². The maximum absolute atomic E-state index is 12.5. The Kier molecular flexibility index (Phi) is 6.33. The molecule has 0 saturated carbocycles. The van der Waals surface area contributed by atoms with E-state index in [1.165, 1.54) is 16.2 Å². The zero-order valence-corrected chi connectivity index (χ0v) is 17.9. The molecule has 0 radical (unpaired) electrons.